The van der Waals surface area contributed by atoms with Crippen molar-refractivity contribution < 1.29 is 3.08 Å². The van der Waals surface area contributed by atoms with E-state index in [1.54, 1.807) is 0 Å². The Kier molecular flexibility index (Phi) is 6.74. The van der Waals surface area contributed by atoms with Crippen LogP contribution in [0.5, 0.6) is 0 Å². The van der Waals surface area contributed by atoms with E-state index < -0.39 is 0 Å². The number of hydrogen-bond donors (Lipinski definition) is 1. The molecule has 10 heavy (non-hydrogen) atoms. The second-order valence-electron chi connectivity index (χ2n) is 1.69. The minimum atomic E-state index is 0.300. The normalized spacial score (nSPS) is 7.70. The quantitative estimate of drug-likeness (QED) is 0.734. The average Bonchev–Trinajstić information content (AvgIpc) is 2.10. The van der Waals surface area contributed by atoms with Crippen molar-refractivity contribution in [1.82, 2.24) is 0 Å². The molecule has 2 radical (unpaired) electrons. The standard InChI is InChI=1S/C7H9N.O.Sn/c8-6-7-4-2-1-3-5-7;;/h1-5H,6,8H2;;. The molecule has 0 heterocycles. The molecule has 0 aliphatic heterocycles. The van der Waals surface area contributed by atoms with Gasteiger partial charge in [0.05, 0.1) is 0 Å². The molecule has 1 aromatic rings. The summed E-state index contributed by atoms with van der Waals surface area (Å²) in [5, 5.41) is 0. The number of rotatable bonds is 1. The Bertz CT molecular complexity index is 167. The summed E-state index contributed by atoms with van der Waals surface area (Å²) in [4.78, 5) is 0. The van der Waals surface area contributed by atoms with E-state index in [9.17, 15) is 0 Å². The fraction of sp³-hybridized carbons (Fsp3) is 0.143. The maximum absolute atomic E-state index is 8.34. The zero-order valence-corrected chi connectivity index (χ0v) is 8.43. The van der Waals surface area contributed by atoms with Gasteiger partial charge in [0, 0.05) is 6.54 Å². The zero-order chi connectivity index (χ0) is 7.82. The molecule has 0 aromatic heterocycles. The number of hydrogen-bond acceptors (Lipinski definition) is 2. The van der Waals surface area contributed by atoms with E-state index in [0.29, 0.717) is 29.1 Å². The summed E-state index contributed by atoms with van der Waals surface area (Å²) < 4.78 is 8.34. The van der Waals surface area contributed by atoms with Crippen molar-refractivity contribution >= 4 is 22.5 Å². The van der Waals surface area contributed by atoms with Crippen LogP contribution in [-0.4, -0.2) is 22.5 Å². The van der Waals surface area contributed by atoms with Crippen molar-refractivity contribution in [1.29, 1.82) is 0 Å². The van der Waals surface area contributed by atoms with Gasteiger partial charge in [-0.15, -0.1) is 0 Å². The number of nitrogens with two attached hydrogens (primary N) is 1. The molecule has 0 aliphatic rings. The average molecular weight is 242 g/mol. The minimum absolute atomic E-state index is 0.300. The molecule has 52 valence electrons. The molecule has 0 amide bonds. The van der Waals surface area contributed by atoms with Crippen LogP contribution in [0.3, 0.4) is 0 Å². The fourth-order valence-corrected chi connectivity index (χ4v) is 0.614. The molecule has 0 atom stereocenters. The number of benzene rings is 1. The summed E-state index contributed by atoms with van der Waals surface area (Å²) in [5.41, 5.74) is 6.54. The third-order valence-corrected chi connectivity index (χ3v) is 1.08. The molecule has 0 aliphatic carbocycles. The van der Waals surface area contributed by atoms with Gasteiger partial charge in [0.25, 0.3) is 0 Å². The van der Waals surface area contributed by atoms with E-state index in [1.165, 1.54) is 5.56 Å². The van der Waals surface area contributed by atoms with E-state index in [4.69, 9.17) is 8.81 Å². The van der Waals surface area contributed by atoms with Gasteiger partial charge in [0.15, 0.2) is 0 Å². The van der Waals surface area contributed by atoms with Crippen LogP contribution in [0.25, 0.3) is 0 Å². The Morgan fingerprint density at radius 2 is 1.70 bits per heavy atom. The van der Waals surface area contributed by atoms with Crippen LogP contribution < -0.4 is 5.73 Å². The zero-order valence-electron chi connectivity index (χ0n) is 5.58. The molecule has 0 unspecified atom stereocenters. The van der Waals surface area contributed by atoms with Crippen LogP contribution in [0.2, 0.25) is 0 Å². The molecule has 0 saturated heterocycles. The topological polar surface area (TPSA) is 43.1 Å². The van der Waals surface area contributed by atoms with Crippen molar-refractivity contribution in [2.24, 2.45) is 5.73 Å². The third kappa shape index (κ3) is 3.74. The van der Waals surface area contributed by atoms with Gasteiger partial charge in [-0.05, 0) is 5.56 Å². The molecule has 2 nitrogen and oxygen atoms in total. The summed E-state index contributed by atoms with van der Waals surface area (Å²) in [5.74, 6) is 0. The van der Waals surface area contributed by atoms with Crippen LogP contribution in [0.1, 0.15) is 5.56 Å². The molecule has 3 heteroatoms. The predicted molar refractivity (Wildman–Crippen MR) is 40.8 cm³/mol. The molecular formula is C7H9NOSn. The summed E-state index contributed by atoms with van der Waals surface area (Å²) >= 11 is 0.300. The molecule has 0 spiro atoms. The first-order valence-electron chi connectivity index (χ1n) is 2.88. The van der Waals surface area contributed by atoms with Gasteiger partial charge >= 0.3 is 25.6 Å². The van der Waals surface area contributed by atoms with Crippen molar-refractivity contribution in [2.45, 2.75) is 6.54 Å². The second kappa shape index (κ2) is 6.89. The van der Waals surface area contributed by atoms with Gasteiger partial charge in [0.1, 0.15) is 0 Å². The Morgan fingerprint density at radius 3 is 2.00 bits per heavy atom. The van der Waals surface area contributed by atoms with E-state index in [-0.39, 0.29) is 0 Å². The molecule has 0 fully saturated rings. The molecule has 1 aromatic carbocycles. The van der Waals surface area contributed by atoms with Crippen molar-refractivity contribution in [3.63, 3.8) is 0 Å². The first-order chi connectivity index (χ1) is 4.93. The Balaban J connectivity index is 0.000000371. The summed E-state index contributed by atoms with van der Waals surface area (Å²) in [6.45, 7) is 0.640. The molecular weight excluding hydrogens is 233 g/mol. The van der Waals surface area contributed by atoms with Crippen LogP contribution in [0, 0.1) is 0 Å². The molecule has 2 N–H and O–H groups in total. The van der Waals surface area contributed by atoms with Gasteiger partial charge in [-0.2, -0.15) is 0 Å². The summed E-state index contributed by atoms with van der Waals surface area (Å²) in [6, 6.07) is 9.99. The van der Waals surface area contributed by atoms with E-state index >= 15 is 0 Å². The second-order valence-corrected chi connectivity index (χ2v) is 1.69. The van der Waals surface area contributed by atoms with Crippen molar-refractivity contribution in [3.05, 3.63) is 35.9 Å². The van der Waals surface area contributed by atoms with Gasteiger partial charge in [-0.3, -0.25) is 0 Å². The fourth-order valence-electron chi connectivity index (χ4n) is 0.614. The van der Waals surface area contributed by atoms with Crippen LogP contribution in [-0.2, 0) is 9.62 Å². The third-order valence-electron chi connectivity index (χ3n) is 1.08. The monoisotopic (exact) mass is 243 g/mol. The van der Waals surface area contributed by atoms with E-state index in [0.717, 1.165) is 0 Å². The maximum atomic E-state index is 8.34. The Hall–Kier alpha value is -0.221. The van der Waals surface area contributed by atoms with Gasteiger partial charge in [-0.25, -0.2) is 0 Å². The predicted octanol–water partition coefficient (Wildman–Crippen LogP) is 0.646. The van der Waals surface area contributed by atoms with E-state index in [1.807, 2.05) is 30.3 Å². The SMILES string of the molecule is NCc1ccccc1.[O]=[Sn]. The van der Waals surface area contributed by atoms with Crippen LogP contribution in [0.4, 0.5) is 0 Å². The van der Waals surface area contributed by atoms with Crippen LogP contribution >= 0.6 is 0 Å². The first-order valence-corrected chi connectivity index (χ1v) is 4.04. The van der Waals surface area contributed by atoms with E-state index in [2.05, 4.69) is 0 Å². The van der Waals surface area contributed by atoms with Gasteiger partial charge < -0.3 is 5.73 Å². The summed E-state index contributed by atoms with van der Waals surface area (Å²) in [6.07, 6.45) is 0. The molecule has 0 bridgehead atoms. The Labute approximate surface area is 73.9 Å². The molecule has 0 saturated carbocycles. The Morgan fingerprint density at radius 1 is 1.20 bits per heavy atom. The summed E-state index contributed by atoms with van der Waals surface area (Å²) in [7, 11) is 0. The van der Waals surface area contributed by atoms with Gasteiger partial charge in [0.2, 0.25) is 0 Å². The van der Waals surface area contributed by atoms with Crippen molar-refractivity contribution in [3.8, 4) is 0 Å². The van der Waals surface area contributed by atoms with Crippen molar-refractivity contribution in [2.75, 3.05) is 0 Å². The first kappa shape index (κ1) is 9.78. The van der Waals surface area contributed by atoms with Crippen LogP contribution in [0.15, 0.2) is 30.3 Å². The molecule has 1 rings (SSSR count). The van der Waals surface area contributed by atoms with Gasteiger partial charge in [-0.1, -0.05) is 30.3 Å².